The molecule has 7 heteroatoms. The van der Waals surface area contributed by atoms with Gasteiger partial charge in [-0.1, -0.05) is 16.8 Å². The van der Waals surface area contributed by atoms with Gasteiger partial charge in [0.05, 0.1) is 18.2 Å². The van der Waals surface area contributed by atoms with Gasteiger partial charge in [0, 0.05) is 0 Å². The number of nitrogens with zero attached hydrogens (tertiary/aromatic N) is 1. The lowest BCUT2D eigenvalue weighted by Gasteiger charge is -2.11. The Morgan fingerprint density at radius 1 is 1.44 bits per heavy atom. The molecule has 0 aromatic heterocycles. The third-order valence-corrected chi connectivity index (χ3v) is 2.12. The fraction of sp³-hybridized carbons (Fsp3) is 0.222. The molecule has 1 N–H and O–H groups in total. The summed E-state index contributed by atoms with van der Waals surface area (Å²) in [5.41, 5.74) is -0.782. The number of hydrogen-bond donors (Lipinski definition) is 1. The van der Waals surface area contributed by atoms with Crippen LogP contribution in [0.4, 0.5) is 13.2 Å². The summed E-state index contributed by atoms with van der Waals surface area (Å²) in [6.07, 6.45) is -4.46. The fourth-order valence-corrected chi connectivity index (χ4v) is 1.25. The predicted octanol–water partition coefficient (Wildman–Crippen LogP) is 3.09. The van der Waals surface area contributed by atoms with Crippen molar-refractivity contribution in [2.45, 2.75) is 6.18 Å². The normalized spacial score (nSPS) is 12.7. The van der Waals surface area contributed by atoms with Gasteiger partial charge < -0.3 is 9.94 Å². The Labute approximate surface area is 94.1 Å². The summed E-state index contributed by atoms with van der Waals surface area (Å²) < 4.78 is 41.8. The van der Waals surface area contributed by atoms with Gasteiger partial charge in [0.2, 0.25) is 0 Å². The van der Waals surface area contributed by atoms with E-state index in [1.165, 1.54) is 7.11 Å². The number of alkyl halides is 3. The number of halogens is 4. The molecular formula is C9H7ClF3NO2. The molecule has 0 atom stereocenters. The maximum Gasteiger partial charge on any atom is 0.416 e. The molecule has 0 unspecified atom stereocenters. The minimum Gasteiger partial charge on any atom is -0.496 e. The Hall–Kier alpha value is -1.43. The van der Waals surface area contributed by atoms with Gasteiger partial charge in [-0.15, -0.1) is 0 Å². The van der Waals surface area contributed by atoms with E-state index in [0.717, 1.165) is 18.2 Å². The summed E-state index contributed by atoms with van der Waals surface area (Å²) in [5.74, 6) is -0.113. The molecule has 0 amide bonds. The molecule has 0 spiro atoms. The van der Waals surface area contributed by atoms with E-state index in [1.54, 1.807) is 0 Å². The molecular weight excluding hydrogens is 247 g/mol. The maximum atomic E-state index is 12.4. The highest BCUT2D eigenvalue weighted by Crippen LogP contribution is 2.33. The number of ether oxygens (including phenoxy) is 1. The number of hydrogen-bond acceptors (Lipinski definition) is 3. The Morgan fingerprint density at radius 3 is 2.50 bits per heavy atom. The molecule has 1 rings (SSSR count). The topological polar surface area (TPSA) is 41.8 Å². The van der Waals surface area contributed by atoms with E-state index < -0.39 is 11.7 Å². The van der Waals surface area contributed by atoms with Crippen LogP contribution < -0.4 is 4.74 Å². The molecule has 16 heavy (non-hydrogen) atoms. The lowest BCUT2D eigenvalue weighted by Crippen LogP contribution is -2.06. The van der Waals surface area contributed by atoms with Crippen molar-refractivity contribution in [3.63, 3.8) is 0 Å². The smallest absolute Gasteiger partial charge is 0.416 e. The predicted molar refractivity (Wildman–Crippen MR) is 52.2 cm³/mol. The summed E-state index contributed by atoms with van der Waals surface area (Å²) in [4.78, 5) is 0. The minimum absolute atomic E-state index is 0.0830. The summed E-state index contributed by atoms with van der Waals surface area (Å²) in [6, 6.07) is 2.68. The van der Waals surface area contributed by atoms with E-state index in [9.17, 15) is 13.2 Å². The van der Waals surface area contributed by atoms with Gasteiger partial charge in [-0.2, -0.15) is 13.2 Å². The van der Waals surface area contributed by atoms with Crippen molar-refractivity contribution in [1.29, 1.82) is 0 Å². The fourth-order valence-electron chi connectivity index (χ4n) is 1.09. The molecule has 0 aliphatic rings. The van der Waals surface area contributed by atoms with Crippen molar-refractivity contribution < 1.29 is 23.1 Å². The van der Waals surface area contributed by atoms with Gasteiger partial charge in [-0.25, -0.2) is 0 Å². The van der Waals surface area contributed by atoms with Crippen LogP contribution in [-0.4, -0.2) is 17.5 Å². The molecule has 0 aliphatic heterocycles. The second kappa shape index (κ2) is 4.61. The van der Waals surface area contributed by atoms with Crippen molar-refractivity contribution in [1.82, 2.24) is 0 Å². The van der Waals surface area contributed by atoms with Crippen molar-refractivity contribution in [2.75, 3.05) is 7.11 Å². The molecule has 0 saturated heterocycles. The van der Waals surface area contributed by atoms with E-state index in [1.807, 2.05) is 0 Å². The molecule has 1 aromatic carbocycles. The van der Waals surface area contributed by atoms with Crippen LogP contribution in [0.5, 0.6) is 5.75 Å². The average molecular weight is 254 g/mol. The van der Waals surface area contributed by atoms with Crippen LogP contribution in [0.1, 0.15) is 11.1 Å². The van der Waals surface area contributed by atoms with Gasteiger partial charge in [-0.3, -0.25) is 0 Å². The Morgan fingerprint density at radius 2 is 2.06 bits per heavy atom. The zero-order valence-electron chi connectivity index (χ0n) is 8.05. The molecule has 3 nitrogen and oxygen atoms in total. The third kappa shape index (κ3) is 2.57. The van der Waals surface area contributed by atoms with E-state index in [0.29, 0.717) is 0 Å². The Balaban J connectivity index is 3.28. The maximum absolute atomic E-state index is 12.4. The van der Waals surface area contributed by atoms with Crippen LogP contribution in [0, 0.1) is 0 Å². The van der Waals surface area contributed by atoms with Crippen LogP contribution >= 0.6 is 11.6 Å². The SMILES string of the molecule is COc1cc(C(F)(F)F)ccc1/C(Cl)=N/O. The minimum atomic E-state index is -4.46. The largest absolute Gasteiger partial charge is 0.496 e. The van der Waals surface area contributed by atoms with Crippen LogP contribution in [0.25, 0.3) is 0 Å². The third-order valence-electron chi connectivity index (χ3n) is 1.84. The number of benzene rings is 1. The summed E-state index contributed by atoms with van der Waals surface area (Å²) in [5, 5.41) is 10.8. The van der Waals surface area contributed by atoms with Crippen LogP contribution in [-0.2, 0) is 6.18 Å². The molecule has 0 heterocycles. The summed E-state index contributed by atoms with van der Waals surface area (Å²) in [6.45, 7) is 0. The van der Waals surface area contributed by atoms with E-state index in [2.05, 4.69) is 5.16 Å². The lowest BCUT2D eigenvalue weighted by atomic mass is 10.1. The van der Waals surface area contributed by atoms with Crippen LogP contribution in [0.3, 0.4) is 0 Å². The first-order chi connectivity index (χ1) is 7.40. The lowest BCUT2D eigenvalue weighted by molar-refractivity contribution is -0.137. The number of methoxy groups -OCH3 is 1. The van der Waals surface area contributed by atoms with E-state index in [-0.39, 0.29) is 16.5 Å². The van der Waals surface area contributed by atoms with Crippen LogP contribution in [0.2, 0.25) is 0 Å². The van der Waals surface area contributed by atoms with Crippen molar-refractivity contribution in [2.24, 2.45) is 5.16 Å². The Kier molecular flexibility index (Phi) is 3.64. The van der Waals surface area contributed by atoms with Gasteiger partial charge >= 0.3 is 6.18 Å². The van der Waals surface area contributed by atoms with Crippen LogP contribution in [0.15, 0.2) is 23.4 Å². The molecule has 1 aromatic rings. The number of rotatable bonds is 2. The van der Waals surface area contributed by atoms with Gasteiger partial charge in [0.25, 0.3) is 0 Å². The summed E-state index contributed by atoms with van der Waals surface area (Å²) >= 11 is 5.48. The first-order valence-corrected chi connectivity index (χ1v) is 4.41. The molecule has 88 valence electrons. The first kappa shape index (κ1) is 12.6. The molecule has 0 bridgehead atoms. The highest BCUT2D eigenvalue weighted by atomic mass is 35.5. The zero-order valence-corrected chi connectivity index (χ0v) is 8.80. The molecule has 0 aliphatic carbocycles. The average Bonchev–Trinajstić information content (AvgIpc) is 2.26. The van der Waals surface area contributed by atoms with Crippen molar-refractivity contribution in [3.05, 3.63) is 29.3 Å². The standard InChI is InChI=1S/C9H7ClF3NO2/c1-16-7-4-5(9(11,12)13)2-3-6(7)8(10)14-15/h2-4,15H,1H3/b14-8-. The first-order valence-electron chi connectivity index (χ1n) is 4.03. The monoisotopic (exact) mass is 253 g/mol. The van der Waals surface area contributed by atoms with E-state index >= 15 is 0 Å². The molecule has 0 radical (unpaired) electrons. The second-order valence-electron chi connectivity index (χ2n) is 2.80. The Bertz CT molecular complexity index is 418. The second-order valence-corrected chi connectivity index (χ2v) is 3.16. The highest BCUT2D eigenvalue weighted by Gasteiger charge is 2.31. The van der Waals surface area contributed by atoms with Crippen molar-refractivity contribution in [3.8, 4) is 5.75 Å². The quantitative estimate of drug-likeness (QED) is 0.500. The van der Waals surface area contributed by atoms with Gasteiger partial charge in [0.15, 0.2) is 5.17 Å². The van der Waals surface area contributed by atoms with Gasteiger partial charge in [0.1, 0.15) is 5.75 Å². The number of oxime groups is 1. The summed E-state index contributed by atoms with van der Waals surface area (Å²) in [7, 11) is 1.19. The van der Waals surface area contributed by atoms with Crippen molar-refractivity contribution >= 4 is 16.8 Å². The highest BCUT2D eigenvalue weighted by molar-refractivity contribution is 6.69. The zero-order chi connectivity index (χ0) is 12.3. The molecule has 0 saturated carbocycles. The molecule has 0 fully saturated rings. The van der Waals surface area contributed by atoms with E-state index in [4.69, 9.17) is 21.5 Å². The van der Waals surface area contributed by atoms with Gasteiger partial charge in [-0.05, 0) is 18.2 Å².